The number of likely N-dealkylation sites (N-methyl/N-ethyl adjacent to an activating group) is 1. The molecule has 1 fully saturated rings. The molecule has 0 bridgehead atoms. The lowest BCUT2D eigenvalue weighted by molar-refractivity contribution is -0.126. The summed E-state index contributed by atoms with van der Waals surface area (Å²) in [6, 6.07) is 9.05. The van der Waals surface area contributed by atoms with E-state index in [2.05, 4.69) is 55.3 Å². The Morgan fingerprint density at radius 1 is 1.22 bits per heavy atom. The molecule has 1 saturated carbocycles. The van der Waals surface area contributed by atoms with Crippen molar-refractivity contribution in [2.24, 2.45) is 0 Å². The zero-order valence-electron chi connectivity index (χ0n) is 15.4. The van der Waals surface area contributed by atoms with Gasteiger partial charge in [-0.2, -0.15) is 0 Å². The molecule has 3 nitrogen and oxygen atoms in total. The van der Waals surface area contributed by atoms with Gasteiger partial charge in [0.05, 0.1) is 6.04 Å². The fourth-order valence-corrected chi connectivity index (χ4v) is 3.13. The molecule has 0 saturated heterocycles. The largest absolute Gasteiger partial charge is 0.352 e. The normalized spacial score (nSPS) is 17.5. The van der Waals surface area contributed by atoms with Crippen LogP contribution in [0.1, 0.15) is 64.5 Å². The maximum atomic E-state index is 12.4. The highest BCUT2D eigenvalue weighted by molar-refractivity contribution is 5.81. The van der Waals surface area contributed by atoms with Crippen molar-refractivity contribution in [3.8, 4) is 0 Å². The fourth-order valence-electron chi connectivity index (χ4n) is 3.13. The maximum absolute atomic E-state index is 12.4. The highest BCUT2D eigenvalue weighted by atomic mass is 16.2. The fraction of sp³-hybridized carbons (Fsp3) is 0.650. The summed E-state index contributed by atoms with van der Waals surface area (Å²) in [7, 11) is 2.02. The minimum Gasteiger partial charge on any atom is -0.352 e. The van der Waals surface area contributed by atoms with E-state index < -0.39 is 0 Å². The Labute approximate surface area is 141 Å². The lowest BCUT2D eigenvalue weighted by Crippen LogP contribution is -2.46. The van der Waals surface area contributed by atoms with Crippen molar-refractivity contribution < 1.29 is 4.79 Å². The van der Waals surface area contributed by atoms with Crippen LogP contribution in [0.4, 0.5) is 0 Å². The van der Waals surface area contributed by atoms with Gasteiger partial charge in [0.15, 0.2) is 0 Å². The highest BCUT2D eigenvalue weighted by Crippen LogP contribution is 2.22. The van der Waals surface area contributed by atoms with E-state index in [0.717, 1.165) is 19.4 Å². The molecule has 23 heavy (non-hydrogen) atoms. The summed E-state index contributed by atoms with van der Waals surface area (Å²) in [5.41, 5.74) is 2.77. The molecule has 0 aromatic heterocycles. The minimum atomic E-state index is -0.0992. The molecule has 1 aromatic carbocycles. The first-order valence-corrected chi connectivity index (χ1v) is 8.87. The van der Waals surface area contributed by atoms with Crippen LogP contribution in [-0.2, 0) is 16.8 Å². The molecule has 2 rings (SSSR count). The van der Waals surface area contributed by atoms with Gasteiger partial charge in [-0.25, -0.2) is 0 Å². The van der Waals surface area contributed by atoms with Gasteiger partial charge in [-0.1, -0.05) is 57.9 Å². The topological polar surface area (TPSA) is 32.3 Å². The first-order valence-electron chi connectivity index (χ1n) is 8.87. The molecule has 1 atom stereocenters. The second-order valence-corrected chi connectivity index (χ2v) is 8.03. The van der Waals surface area contributed by atoms with E-state index in [-0.39, 0.29) is 17.4 Å². The molecule has 3 heteroatoms. The van der Waals surface area contributed by atoms with Gasteiger partial charge in [0.2, 0.25) is 5.91 Å². The quantitative estimate of drug-likeness (QED) is 0.894. The molecule has 0 spiro atoms. The summed E-state index contributed by atoms with van der Waals surface area (Å²) in [6.45, 7) is 9.47. The molecule has 1 unspecified atom stereocenters. The van der Waals surface area contributed by atoms with Crippen LogP contribution in [0.5, 0.6) is 0 Å². The third-order valence-electron chi connectivity index (χ3n) is 4.99. The van der Waals surface area contributed by atoms with E-state index in [1.54, 1.807) is 0 Å². The van der Waals surface area contributed by atoms with Gasteiger partial charge in [0.1, 0.15) is 0 Å². The Morgan fingerprint density at radius 3 is 2.30 bits per heavy atom. The smallest absolute Gasteiger partial charge is 0.237 e. The number of nitrogens with one attached hydrogen (secondary N) is 1. The van der Waals surface area contributed by atoms with Crippen LogP contribution >= 0.6 is 0 Å². The van der Waals surface area contributed by atoms with Gasteiger partial charge >= 0.3 is 0 Å². The van der Waals surface area contributed by atoms with Crippen molar-refractivity contribution >= 4 is 5.91 Å². The van der Waals surface area contributed by atoms with Crippen LogP contribution in [0.2, 0.25) is 0 Å². The number of carbonyl (C=O) groups is 1. The van der Waals surface area contributed by atoms with Gasteiger partial charge in [-0.3, -0.25) is 9.69 Å². The lowest BCUT2D eigenvalue weighted by Gasteiger charge is -2.26. The molecule has 128 valence electrons. The molecular weight excluding hydrogens is 284 g/mol. The van der Waals surface area contributed by atoms with Crippen LogP contribution in [-0.4, -0.2) is 29.9 Å². The zero-order chi connectivity index (χ0) is 17.0. The number of hydrogen-bond acceptors (Lipinski definition) is 2. The second-order valence-electron chi connectivity index (χ2n) is 8.03. The third-order valence-corrected chi connectivity index (χ3v) is 4.99. The Kier molecular flexibility index (Phi) is 5.85. The Balaban J connectivity index is 1.89. The maximum Gasteiger partial charge on any atom is 0.237 e. The van der Waals surface area contributed by atoms with Crippen LogP contribution in [0.25, 0.3) is 0 Å². The van der Waals surface area contributed by atoms with Crippen molar-refractivity contribution in [2.45, 2.75) is 77.4 Å². The van der Waals surface area contributed by atoms with Gasteiger partial charge in [-0.15, -0.1) is 0 Å². The zero-order valence-corrected chi connectivity index (χ0v) is 15.4. The molecule has 1 amide bonds. The summed E-state index contributed by atoms with van der Waals surface area (Å²) < 4.78 is 0. The summed E-state index contributed by atoms with van der Waals surface area (Å²) >= 11 is 0. The van der Waals surface area contributed by atoms with Crippen LogP contribution in [0, 0.1) is 0 Å². The number of benzene rings is 1. The van der Waals surface area contributed by atoms with E-state index >= 15 is 0 Å². The summed E-state index contributed by atoms with van der Waals surface area (Å²) in [5, 5.41) is 3.19. The number of hydrogen-bond donors (Lipinski definition) is 1. The first kappa shape index (κ1) is 18.0. The number of nitrogens with zero attached hydrogens (tertiary/aromatic N) is 1. The van der Waals surface area contributed by atoms with Crippen molar-refractivity contribution in [1.82, 2.24) is 10.2 Å². The number of carbonyl (C=O) groups excluding carboxylic acids is 1. The van der Waals surface area contributed by atoms with Gasteiger partial charge in [0.25, 0.3) is 0 Å². The standard InChI is InChI=1S/C20H32N2O/c1-15(19(23)21-18-8-6-7-9-18)22(5)14-16-10-12-17(13-11-16)20(2,3)4/h10-13,15,18H,6-9,14H2,1-5H3,(H,21,23). The number of amides is 1. The van der Waals surface area contributed by atoms with Crippen molar-refractivity contribution in [1.29, 1.82) is 0 Å². The molecular formula is C20H32N2O. The van der Waals surface area contributed by atoms with E-state index in [0.29, 0.717) is 6.04 Å². The summed E-state index contributed by atoms with van der Waals surface area (Å²) in [4.78, 5) is 14.5. The molecule has 1 aromatic rings. The SMILES string of the molecule is CC(C(=O)NC1CCCC1)N(C)Cc1ccc(C(C)(C)C)cc1. The van der Waals surface area contributed by atoms with Gasteiger partial charge in [-0.05, 0) is 43.4 Å². The predicted octanol–water partition coefficient (Wildman–Crippen LogP) is 3.86. The average Bonchev–Trinajstić information content (AvgIpc) is 2.98. The monoisotopic (exact) mass is 316 g/mol. The van der Waals surface area contributed by atoms with Crippen molar-refractivity contribution in [2.75, 3.05) is 7.05 Å². The van der Waals surface area contributed by atoms with Crippen LogP contribution < -0.4 is 5.32 Å². The Hall–Kier alpha value is -1.35. The van der Waals surface area contributed by atoms with Crippen LogP contribution in [0.15, 0.2) is 24.3 Å². The van der Waals surface area contributed by atoms with Crippen molar-refractivity contribution in [3.05, 3.63) is 35.4 Å². The second kappa shape index (κ2) is 7.48. The molecule has 0 aliphatic heterocycles. The van der Waals surface area contributed by atoms with Crippen LogP contribution in [0.3, 0.4) is 0 Å². The highest BCUT2D eigenvalue weighted by Gasteiger charge is 2.23. The molecule has 0 heterocycles. The summed E-state index contributed by atoms with van der Waals surface area (Å²) in [5.74, 6) is 0.158. The Bertz CT molecular complexity index is 509. The molecule has 0 radical (unpaired) electrons. The number of rotatable bonds is 5. The molecule has 1 N–H and O–H groups in total. The molecule has 1 aliphatic carbocycles. The van der Waals surface area contributed by atoms with Crippen molar-refractivity contribution in [3.63, 3.8) is 0 Å². The minimum absolute atomic E-state index is 0.0992. The molecule has 1 aliphatic rings. The lowest BCUT2D eigenvalue weighted by atomic mass is 9.87. The van der Waals surface area contributed by atoms with E-state index in [4.69, 9.17) is 0 Å². The predicted molar refractivity (Wildman–Crippen MR) is 96.5 cm³/mol. The van der Waals surface area contributed by atoms with Gasteiger partial charge in [0, 0.05) is 12.6 Å². The average molecular weight is 316 g/mol. The van der Waals surface area contributed by atoms with E-state index in [9.17, 15) is 4.79 Å². The van der Waals surface area contributed by atoms with Gasteiger partial charge < -0.3 is 5.32 Å². The Morgan fingerprint density at radius 2 is 1.78 bits per heavy atom. The third kappa shape index (κ3) is 5.07. The first-order chi connectivity index (χ1) is 10.8. The van der Waals surface area contributed by atoms with E-state index in [1.807, 2.05) is 14.0 Å². The van der Waals surface area contributed by atoms with E-state index in [1.165, 1.54) is 24.0 Å². The summed E-state index contributed by atoms with van der Waals surface area (Å²) in [6.07, 6.45) is 4.76.